The molecule has 1 amide bonds. The SMILES string of the molecule is O=C(O)[C@H]1CN(C(=O)c2ccc(Nc3ccccc3)c([N+](=O)[O-])c2)C[C@@H]1C1CC1. The van der Waals surface area contributed by atoms with Gasteiger partial charge in [0.2, 0.25) is 0 Å². The lowest BCUT2D eigenvalue weighted by Crippen LogP contribution is -2.30. The number of likely N-dealkylation sites (tertiary alicyclic amines) is 1. The van der Waals surface area contributed by atoms with E-state index in [1.807, 2.05) is 18.2 Å². The van der Waals surface area contributed by atoms with Gasteiger partial charge in [-0.1, -0.05) is 18.2 Å². The molecule has 4 rings (SSSR count). The van der Waals surface area contributed by atoms with Gasteiger partial charge < -0.3 is 15.3 Å². The summed E-state index contributed by atoms with van der Waals surface area (Å²) in [6, 6.07) is 13.4. The van der Waals surface area contributed by atoms with Gasteiger partial charge in [-0.25, -0.2) is 0 Å². The van der Waals surface area contributed by atoms with Gasteiger partial charge in [0.1, 0.15) is 5.69 Å². The number of carbonyl (C=O) groups is 2. The highest BCUT2D eigenvalue weighted by Crippen LogP contribution is 2.44. The Balaban J connectivity index is 1.56. The van der Waals surface area contributed by atoms with Gasteiger partial charge in [0.15, 0.2) is 0 Å². The highest BCUT2D eigenvalue weighted by atomic mass is 16.6. The number of para-hydroxylation sites is 1. The molecule has 2 atom stereocenters. The first-order chi connectivity index (χ1) is 13.9. The van der Waals surface area contributed by atoms with Crippen molar-refractivity contribution >= 4 is 28.9 Å². The third-order valence-electron chi connectivity index (χ3n) is 5.69. The summed E-state index contributed by atoms with van der Waals surface area (Å²) in [6.07, 6.45) is 2.00. The largest absolute Gasteiger partial charge is 0.481 e. The standard InChI is InChI=1S/C21H21N3O5/c25-20(23-11-16(13-6-7-13)17(12-23)21(26)27)14-8-9-18(19(10-14)24(28)29)22-15-4-2-1-3-5-15/h1-5,8-10,13,16-17,22H,6-7,11-12H2,(H,26,27)/t16-,17+/m1/s1. The summed E-state index contributed by atoms with van der Waals surface area (Å²) in [6.45, 7) is 0.533. The first-order valence-corrected chi connectivity index (χ1v) is 9.56. The fraction of sp³-hybridized carbons (Fsp3) is 0.333. The molecule has 1 saturated heterocycles. The summed E-state index contributed by atoms with van der Waals surface area (Å²) in [5, 5.41) is 24.0. The molecule has 8 heteroatoms. The second-order valence-electron chi connectivity index (χ2n) is 7.64. The molecule has 1 aliphatic heterocycles. The van der Waals surface area contributed by atoms with Gasteiger partial charge in [-0.3, -0.25) is 19.7 Å². The summed E-state index contributed by atoms with van der Waals surface area (Å²) < 4.78 is 0. The Morgan fingerprint density at radius 2 is 1.83 bits per heavy atom. The van der Waals surface area contributed by atoms with Gasteiger partial charge in [0, 0.05) is 30.4 Å². The smallest absolute Gasteiger partial charge is 0.308 e. The van der Waals surface area contributed by atoms with E-state index in [1.165, 1.54) is 17.0 Å². The number of carbonyl (C=O) groups excluding carboxylic acids is 1. The van der Waals surface area contributed by atoms with E-state index in [2.05, 4.69) is 5.32 Å². The van der Waals surface area contributed by atoms with Gasteiger partial charge in [0.05, 0.1) is 10.8 Å². The molecule has 2 aliphatic rings. The molecule has 1 saturated carbocycles. The Morgan fingerprint density at radius 1 is 1.10 bits per heavy atom. The van der Waals surface area contributed by atoms with Gasteiger partial charge >= 0.3 is 5.97 Å². The highest BCUT2D eigenvalue weighted by molar-refractivity contribution is 5.96. The number of rotatable bonds is 6. The number of nitrogens with zero attached hydrogens (tertiary/aromatic N) is 2. The third kappa shape index (κ3) is 3.91. The fourth-order valence-electron chi connectivity index (χ4n) is 4.04. The Kier molecular flexibility index (Phi) is 4.92. The number of aliphatic carboxylic acids is 1. The van der Waals surface area contributed by atoms with E-state index in [0.29, 0.717) is 23.8 Å². The molecule has 0 bridgehead atoms. The van der Waals surface area contributed by atoms with Crippen molar-refractivity contribution in [1.82, 2.24) is 4.90 Å². The number of nitro benzene ring substituents is 1. The topological polar surface area (TPSA) is 113 Å². The maximum Gasteiger partial charge on any atom is 0.308 e. The minimum absolute atomic E-state index is 0.0366. The van der Waals surface area contributed by atoms with Gasteiger partial charge in [-0.15, -0.1) is 0 Å². The number of hydrogen-bond acceptors (Lipinski definition) is 5. The highest BCUT2D eigenvalue weighted by Gasteiger charge is 2.47. The van der Waals surface area contributed by atoms with Gasteiger partial charge in [0.25, 0.3) is 11.6 Å². The monoisotopic (exact) mass is 395 g/mol. The maximum atomic E-state index is 12.9. The molecule has 2 fully saturated rings. The van der Waals surface area contributed by atoms with Crippen LogP contribution in [0.2, 0.25) is 0 Å². The van der Waals surface area contributed by atoms with Crippen LogP contribution in [0.3, 0.4) is 0 Å². The van der Waals surface area contributed by atoms with Crippen LogP contribution in [-0.4, -0.2) is 39.9 Å². The zero-order valence-corrected chi connectivity index (χ0v) is 15.7. The molecule has 2 N–H and O–H groups in total. The number of anilines is 2. The predicted molar refractivity (Wildman–Crippen MR) is 106 cm³/mol. The van der Waals surface area contributed by atoms with Crippen molar-refractivity contribution in [2.75, 3.05) is 18.4 Å². The Morgan fingerprint density at radius 3 is 2.45 bits per heavy atom. The minimum atomic E-state index is -0.884. The van der Waals surface area contributed by atoms with Crippen LogP contribution in [0.5, 0.6) is 0 Å². The second-order valence-corrected chi connectivity index (χ2v) is 7.64. The van der Waals surface area contributed by atoms with E-state index in [1.54, 1.807) is 18.2 Å². The van der Waals surface area contributed by atoms with Crippen LogP contribution < -0.4 is 5.32 Å². The van der Waals surface area contributed by atoms with Crippen molar-refractivity contribution in [3.63, 3.8) is 0 Å². The van der Waals surface area contributed by atoms with Crippen LogP contribution in [0.1, 0.15) is 23.2 Å². The van der Waals surface area contributed by atoms with Crippen molar-refractivity contribution in [2.45, 2.75) is 12.8 Å². The van der Waals surface area contributed by atoms with E-state index < -0.39 is 16.8 Å². The van der Waals surface area contributed by atoms with Crippen LogP contribution in [-0.2, 0) is 4.79 Å². The maximum absolute atomic E-state index is 12.9. The van der Waals surface area contributed by atoms with E-state index in [4.69, 9.17) is 0 Å². The lowest BCUT2D eigenvalue weighted by molar-refractivity contribution is -0.383. The number of benzene rings is 2. The van der Waals surface area contributed by atoms with Gasteiger partial charge in [-0.2, -0.15) is 0 Å². The van der Waals surface area contributed by atoms with Crippen molar-refractivity contribution in [1.29, 1.82) is 0 Å². The summed E-state index contributed by atoms with van der Waals surface area (Å²) in [4.78, 5) is 37.1. The second kappa shape index (κ2) is 7.54. The first-order valence-electron chi connectivity index (χ1n) is 9.56. The van der Waals surface area contributed by atoms with Crippen LogP contribution in [0.25, 0.3) is 0 Å². The quantitative estimate of drug-likeness (QED) is 0.572. The number of hydrogen-bond donors (Lipinski definition) is 2. The molecule has 150 valence electrons. The lowest BCUT2D eigenvalue weighted by atomic mass is 9.92. The minimum Gasteiger partial charge on any atom is -0.481 e. The fourth-order valence-corrected chi connectivity index (χ4v) is 4.04. The molecule has 0 spiro atoms. The normalized spacial score (nSPS) is 21.0. The van der Waals surface area contributed by atoms with E-state index in [9.17, 15) is 24.8 Å². The number of carboxylic acids is 1. The van der Waals surface area contributed by atoms with Crippen molar-refractivity contribution in [2.24, 2.45) is 17.8 Å². The molecule has 1 heterocycles. The van der Waals surface area contributed by atoms with E-state index in [-0.39, 0.29) is 29.6 Å². The Hall–Kier alpha value is -3.42. The molecule has 29 heavy (non-hydrogen) atoms. The summed E-state index contributed by atoms with van der Waals surface area (Å²) >= 11 is 0. The van der Waals surface area contributed by atoms with Crippen LogP contribution in [0, 0.1) is 27.9 Å². The molecule has 0 unspecified atom stereocenters. The first kappa shape index (κ1) is 18.9. The van der Waals surface area contributed by atoms with Crippen molar-refractivity contribution < 1.29 is 19.6 Å². The lowest BCUT2D eigenvalue weighted by Gasteiger charge is -2.17. The molecule has 2 aromatic carbocycles. The molecule has 0 radical (unpaired) electrons. The van der Waals surface area contributed by atoms with Crippen LogP contribution >= 0.6 is 0 Å². The predicted octanol–water partition coefficient (Wildman–Crippen LogP) is 3.52. The van der Waals surface area contributed by atoms with Crippen molar-refractivity contribution in [3.8, 4) is 0 Å². The molecule has 0 aromatic heterocycles. The summed E-state index contributed by atoms with van der Waals surface area (Å²) in [5.74, 6) is -1.49. The zero-order valence-electron chi connectivity index (χ0n) is 15.7. The summed E-state index contributed by atoms with van der Waals surface area (Å²) in [5.41, 5.74) is 0.979. The molecular weight excluding hydrogens is 374 g/mol. The van der Waals surface area contributed by atoms with Crippen molar-refractivity contribution in [3.05, 3.63) is 64.2 Å². The van der Waals surface area contributed by atoms with Crippen LogP contribution in [0.4, 0.5) is 17.1 Å². The van der Waals surface area contributed by atoms with E-state index in [0.717, 1.165) is 12.8 Å². The molecule has 8 nitrogen and oxygen atoms in total. The molecule has 2 aromatic rings. The van der Waals surface area contributed by atoms with E-state index >= 15 is 0 Å². The summed E-state index contributed by atoms with van der Waals surface area (Å²) in [7, 11) is 0. The number of nitrogens with one attached hydrogen (secondary N) is 1. The Bertz CT molecular complexity index is 958. The third-order valence-corrected chi connectivity index (χ3v) is 5.69. The number of amides is 1. The van der Waals surface area contributed by atoms with Gasteiger partial charge in [-0.05, 0) is 48.9 Å². The molecule has 1 aliphatic carbocycles. The Labute approximate surface area is 167 Å². The zero-order chi connectivity index (χ0) is 20.5. The number of nitro groups is 1. The molecular formula is C21H21N3O5. The van der Waals surface area contributed by atoms with Crippen LogP contribution in [0.15, 0.2) is 48.5 Å². The number of carboxylic acid groups (broad SMARTS) is 1. The average molecular weight is 395 g/mol. The average Bonchev–Trinajstić information content (AvgIpc) is 3.46.